The van der Waals surface area contributed by atoms with Gasteiger partial charge in [0.1, 0.15) is 10.8 Å². The topological polar surface area (TPSA) is 139 Å². The Balaban J connectivity index is 1.28. The number of nitrogens with one attached hydrogen (secondary N) is 2. The number of aromatic nitrogens is 2. The molecule has 204 valence electrons. The number of nitrogens with zero attached hydrogens (tertiary/aromatic N) is 3. The lowest BCUT2D eigenvalue weighted by Gasteiger charge is -2.37. The number of rotatable bonds is 7. The van der Waals surface area contributed by atoms with Crippen LogP contribution in [0.3, 0.4) is 0 Å². The molecule has 2 aliphatic heterocycles. The first-order valence-corrected chi connectivity index (χ1v) is 14.2. The molecular weight excluding hydrogens is 534 g/mol. The van der Waals surface area contributed by atoms with Gasteiger partial charge in [0.25, 0.3) is 0 Å². The lowest BCUT2D eigenvalue weighted by atomic mass is 9.87. The second-order valence-corrected chi connectivity index (χ2v) is 11.7. The van der Waals surface area contributed by atoms with Crippen LogP contribution < -0.4 is 27.0 Å². The third-order valence-corrected chi connectivity index (χ3v) is 8.88. The van der Waals surface area contributed by atoms with Crippen molar-refractivity contribution in [3.05, 3.63) is 64.8 Å². The number of hydrogen-bond acceptors (Lipinski definition) is 9. The predicted octanol–water partition coefficient (Wildman–Crippen LogP) is 4.31. The van der Waals surface area contributed by atoms with Crippen molar-refractivity contribution in [1.29, 1.82) is 0 Å². The van der Waals surface area contributed by atoms with Crippen LogP contribution in [0.25, 0.3) is 0 Å². The van der Waals surface area contributed by atoms with Gasteiger partial charge >= 0.3 is 0 Å². The van der Waals surface area contributed by atoms with E-state index in [1.807, 2.05) is 42.5 Å². The van der Waals surface area contributed by atoms with E-state index in [1.54, 1.807) is 6.20 Å². The largest absolute Gasteiger partial charge is 0.381 e. The maximum absolute atomic E-state index is 12.5. The second kappa shape index (κ2) is 11.4. The highest BCUT2D eigenvalue weighted by Crippen LogP contribution is 2.39. The highest BCUT2D eigenvalue weighted by atomic mass is 35.5. The van der Waals surface area contributed by atoms with Crippen LogP contribution in [0.5, 0.6) is 0 Å². The van der Waals surface area contributed by atoms with Gasteiger partial charge in [-0.05, 0) is 49.4 Å². The van der Waals surface area contributed by atoms with Crippen LogP contribution >= 0.6 is 23.4 Å². The Morgan fingerprint density at radius 2 is 1.95 bits per heavy atom. The van der Waals surface area contributed by atoms with Gasteiger partial charge in [-0.3, -0.25) is 14.9 Å². The number of benzene rings is 2. The fourth-order valence-electron chi connectivity index (χ4n) is 4.91. The molecular formula is C28H32ClN7O2S. The number of piperidine rings is 2. The van der Waals surface area contributed by atoms with Gasteiger partial charge in [-0.1, -0.05) is 53.7 Å². The predicted molar refractivity (Wildman–Crippen MR) is 155 cm³/mol. The smallest absolute Gasteiger partial charge is 0.234 e. The summed E-state index contributed by atoms with van der Waals surface area (Å²) in [7, 11) is 0. The van der Waals surface area contributed by atoms with Crippen LogP contribution in [0.15, 0.2) is 58.6 Å². The maximum atomic E-state index is 12.5. The average molecular weight is 566 g/mol. The summed E-state index contributed by atoms with van der Waals surface area (Å²) in [5.74, 6) is 0.276. The monoisotopic (exact) mass is 565 g/mol. The molecule has 1 aromatic heterocycles. The van der Waals surface area contributed by atoms with E-state index < -0.39 is 0 Å². The third kappa shape index (κ3) is 6.29. The van der Waals surface area contributed by atoms with Crippen molar-refractivity contribution < 1.29 is 9.59 Å². The number of carbonyl (C=O) groups excluding carboxylic acids is 2. The van der Waals surface area contributed by atoms with Crippen LogP contribution in [0.4, 0.5) is 17.3 Å². The molecule has 39 heavy (non-hydrogen) atoms. The van der Waals surface area contributed by atoms with Gasteiger partial charge in [0.15, 0.2) is 5.82 Å². The summed E-state index contributed by atoms with van der Waals surface area (Å²) >= 11 is 8.15. The number of halogens is 1. The molecule has 11 heteroatoms. The van der Waals surface area contributed by atoms with Crippen LogP contribution in [-0.2, 0) is 16.1 Å². The number of hydrogen-bond donors (Lipinski definition) is 4. The van der Waals surface area contributed by atoms with Crippen molar-refractivity contribution in [2.24, 2.45) is 5.73 Å². The summed E-state index contributed by atoms with van der Waals surface area (Å²) in [6.45, 7) is 4.18. The Morgan fingerprint density at radius 3 is 2.69 bits per heavy atom. The molecule has 0 bridgehead atoms. The zero-order valence-electron chi connectivity index (χ0n) is 21.7. The number of imide groups is 1. The van der Waals surface area contributed by atoms with Gasteiger partial charge in [-0.2, -0.15) is 0 Å². The van der Waals surface area contributed by atoms with Gasteiger partial charge < -0.3 is 21.7 Å². The van der Waals surface area contributed by atoms with Gasteiger partial charge in [-0.15, -0.1) is 0 Å². The van der Waals surface area contributed by atoms with Gasteiger partial charge in [0, 0.05) is 36.5 Å². The SMILES string of the molecule is CC1(N)CCN(c2cnc(Sc3cccc(NCc4ccccc4C4CCC(=O)NC4=O)c3Cl)c(N)n2)CC1. The first-order valence-electron chi connectivity index (χ1n) is 13.0. The summed E-state index contributed by atoms with van der Waals surface area (Å²) in [4.78, 5) is 36.2. The molecule has 0 radical (unpaired) electrons. The molecule has 3 heterocycles. The molecule has 2 amide bonds. The van der Waals surface area contributed by atoms with Gasteiger partial charge in [-0.25, -0.2) is 9.97 Å². The van der Waals surface area contributed by atoms with Crippen molar-refractivity contribution in [3.8, 4) is 0 Å². The molecule has 5 rings (SSSR count). The lowest BCUT2D eigenvalue weighted by Crippen LogP contribution is -2.48. The molecule has 2 saturated heterocycles. The lowest BCUT2D eigenvalue weighted by molar-refractivity contribution is -0.134. The fourth-order valence-corrected chi connectivity index (χ4v) is 6.03. The standard InChI is InChI=1S/C28H32ClN7O2S/c1-28(31)11-13-36(14-12-28)22-16-33-27(25(30)34-22)39-21-8-4-7-20(24(21)29)32-15-17-5-2-3-6-18(17)19-9-10-23(37)35-26(19)38/h2-8,16,19,32H,9-15,31H2,1H3,(H2,30,34)(H,35,37,38). The average Bonchev–Trinajstić information content (AvgIpc) is 2.90. The van der Waals surface area contributed by atoms with Crippen LogP contribution in [0, 0.1) is 0 Å². The Labute approximate surface area is 237 Å². The summed E-state index contributed by atoms with van der Waals surface area (Å²) in [5, 5.41) is 6.98. The van der Waals surface area contributed by atoms with E-state index in [0.717, 1.165) is 53.5 Å². The number of carbonyl (C=O) groups is 2. The first-order chi connectivity index (χ1) is 18.7. The summed E-state index contributed by atoms with van der Waals surface area (Å²) in [5.41, 5.74) is 15.0. The molecule has 2 aliphatic rings. The van der Waals surface area contributed by atoms with E-state index in [0.29, 0.717) is 35.3 Å². The maximum Gasteiger partial charge on any atom is 0.234 e. The summed E-state index contributed by atoms with van der Waals surface area (Å²) in [6, 6.07) is 13.5. The van der Waals surface area contributed by atoms with Crippen molar-refractivity contribution in [3.63, 3.8) is 0 Å². The van der Waals surface area contributed by atoms with Gasteiger partial charge in [0.05, 0.1) is 22.8 Å². The first kappa shape index (κ1) is 27.2. The van der Waals surface area contributed by atoms with E-state index in [1.165, 1.54) is 11.8 Å². The molecule has 0 spiro atoms. The Hall–Kier alpha value is -3.34. The molecule has 1 unspecified atom stereocenters. The van der Waals surface area contributed by atoms with Crippen LogP contribution in [0.1, 0.15) is 49.7 Å². The minimum absolute atomic E-state index is 0.145. The van der Waals surface area contributed by atoms with Crippen LogP contribution in [-0.4, -0.2) is 40.4 Å². The Morgan fingerprint density at radius 1 is 1.18 bits per heavy atom. The van der Waals surface area contributed by atoms with Crippen molar-refractivity contribution in [2.75, 3.05) is 29.0 Å². The minimum Gasteiger partial charge on any atom is -0.381 e. The van der Waals surface area contributed by atoms with E-state index >= 15 is 0 Å². The van der Waals surface area contributed by atoms with E-state index in [2.05, 4.69) is 32.4 Å². The highest BCUT2D eigenvalue weighted by molar-refractivity contribution is 7.99. The second-order valence-electron chi connectivity index (χ2n) is 10.3. The summed E-state index contributed by atoms with van der Waals surface area (Å²) < 4.78 is 0. The third-order valence-electron chi connectivity index (χ3n) is 7.29. The zero-order chi connectivity index (χ0) is 27.6. The Bertz CT molecular complexity index is 1390. The minimum atomic E-state index is -0.354. The molecule has 9 nitrogen and oxygen atoms in total. The molecule has 3 aromatic rings. The Kier molecular flexibility index (Phi) is 7.97. The summed E-state index contributed by atoms with van der Waals surface area (Å²) in [6.07, 6.45) is 4.36. The molecule has 0 saturated carbocycles. The molecule has 2 aromatic carbocycles. The number of anilines is 3. The highest BCUT2D eigenvalue weighted by Gasteiger charge is 2.29. The zero-order valence-corrected chi connectivity index (χ0v) is 23.3. The fraction of sp³-hybridized carbons (Fsp3) is 0.357. The normalized spacial score (nSPS) is 19.1. The van der Waals surface area contributed by atoms with E-state index in [4.69, 9.17) is 23.1 Å². The molecule has 0 aliphatic carbocycles. The van der Waals surface area contributed by atoms with E-state index in [-0.39, 0.29) is 23.3 Å². The van der Waals surface area contributed by atoms with Crippen molar-refractivity contribution >= 4 is 52.5 Å². The molecule has 2 fully saturated rings. The number of amides is 2. The van der Waals surface area contributed by atoms with Crippen LogP contribution in [0.2, 0.25) is 5.02 Å². The van der Waals surface area contributed by atoms with E-state index in [9.17, 15) is 9.59 Å². The molecule has 6 N–H and O–H groups in total. The number of nitrogen functional groups attached to an aromatic ring is 1. The van der Waals surface area contributed by atoms with Crippen molar-refractivity contribution in [1.82, 2.24) is 15.3 Å². The van der Waals surface area contributed by atoms with Crippen molar-refractivity contribution in [2.45, 2.75) is 60.5 Å². The quantitative estimate of drug-likeness (QED) is 0.308. The molecule has 1 atom stereocenters. The number of nitrogens with two attached hydrogens (primary N) is 2. The van der Waals surface area contributed by atoms with Gasteiger partial charge in [0.2, 0.25) is 11.8 Å².